The Morgan fingerprint density at radius 2 is 1.97 bits per heavy atom. The molecule has 6 heteroatoms. The Bertz CT molecular complexity index is 885. The first-order chi connectivity index (χ1) is 14.4. The fourth-order valence-corrected chi connectivity index (χ4v) is 4.37. The molecule has 0 aliphatic heterocycles. The average molecular weight is 414 g/mol. The third-order valence-corrected chi connectivity index (χ3v) is 6.55. The van der Waals surface area contributed by atoms with E-state index in [1.54, 1.807) is 0 Å². The molecular formula is C24H31NO5. The number of carboxylic acid groups (broad SMARTS) is 1. The van der Waals surface area contributed by atoms with E-state index in [0.717, 1.165) is 62.0 Å². The number of aromatic nitrogens is 1. The Balaban J connectivity index is 1.30. The van der Waals surface area contributed by atoms with Crippen LogP contribution < -0.4 is 0 Å². The summed E-state index contributed by atoms with van der Waals surface area (Å²) in [5, 5.41) is 9.48. The van der Waals surface area contributed by atoms with Crippen molar-refractivity contribution < 1.29 is 23.8 Å². The molecule has 0 unspecified atom stereocenters. The molecule has 1 N–H and O–H groups in total. The number of hydrogen-bond donors (Lipinski definition) is 1. The summed E-state index contributed by atoms with van der Waals surface area (Å²) in [6.45, 7) is 4.70. The van der Waals surface area contributed by atoms with Gasteiger partial charge >= 0.3 is 5.97 Å². The van der Waals surface area contributed by atoms with Gasteiger partial charge in [0.1, 0.15) is 11.5 Å². The van der Waals surface area contributed by atoms with Crippen LogP contribution in [0.3, 0.4) is 0 Å². The second-order valence-corrected chi connectivity index (χ2v) is 8.86. The predicted molar refractivity (Wildman–Crippen MR) is 112 cm³/mol. The number of ether oxygens (including phenoxy) is 2. The maximum absolute atomic E-state index is 11.5. The van der Waals surface area contributed by atoms with Gasteiger partial charge in [-0.15, -0.1) is 0 Å². The van der Waals surface area contributed by atoms with Gasteiger partial charge in [0.15, 0.2) is 0 Å². The molecule has 2 aliphatic rings. The third kappa shape index (κ3) is 4.60. The first kappa shape index (κ1) is 21.1. The Morgan fingerprint density at radius 1 is 1.20 bits per heavy atom. The molecule has 2 saturated carbocycles. The van der Waals surface area contributed by atoms with Crippen LogP contribution in [-0.4, -0.2) is 34.9 Å². The summed E-state index contributed by atoms with van der Waals surface area (Å²) in [5.74, 6) is 0.686. The number of oxazole rings is 1. The standard InChI is InChI=1S/C24H31NO5/c1-16-6-3-7-18(12-16)22-25-21(17(2)30-22)14-28-19-8-4-9-20(13-19)29-15-24(23(26)27)10-5-11-24/h3,6-7,12,19-20H,4-5,8-11,13-15H2,1-2H3,(H,26,27)/t19-,20+/m0/s1. The molecule has 0 saturated heterocycles. The molecule has 6 nitrogen and oxygen atoms in total. The quantitative estimate of drug-likeness (QED) is 0.652. The van der Waals surface area contributed by atoms with Gasteiger partial charge in [0.05, 0.1) is 30.8 Å². The van der Waals surface area contributed by atoms with Crippen LogP contribution in [0.5, 0.6) is 0 Å². The molecule has 4 rings (SSSR count). The van der Waals surface area contributed by atoms with Crippen LogP contribution in [0.2, 0.25) is 0 Å². The Kier molecular flexibility index (Phi) is 6.25. The summed E-state index contributed by atoms with van der Waals surface area (Å²) >= 11 is 0. The van der Waals surface area contributed by atoms with Crippen LogP contribution in [0.4, 0.5) is 0 Å². The topological polar surface area (TPSA) is 81.8 Å². The molecule has 2 atom stereocenters. The van der Waals surface area contributed by atoms with E-state index < -0.39 is 11.4 Å². The Morgan fingerprint density at radius 3 is 2.63 bits per heavy atom. The summed E-state index contributed by atoms with van der Waals surface area (Å²) in [6.07, 6.45) is 6.40. The van der Waals surface area contributed by atoms with Crippen molar-refractivity contribution in [2.45, 2.75) is 77.6 Å². The van der Waals surface area contributed by atoms with E-state index in [0.29, 0.717) is 19.1 Å². The van der Waals surface area contributed by atoms with Crippen molar-refractivity contribution in [2.24, 2.45) is 5.41 Å². The summed E-state index contributed by atoms with van der Waals surface area (Å²) < 4.78 is 18.1. The normalized spacial score (nSPS) is 23.1. The summed E-state index contributed by atoms with van der Waals surface area (Å²) in [6, 6.07) is 8.11. The van der Waals surface area contributed by atoms with E-state index >= 15 is 0 Å². The van der Waals surface area contributed by atoms with E-state index in [2.05, 4.69) is 11.1 Å². The molecule has 1 aromatic carbocycles. The minimum absolute atomic E-state index is 0.0711. The molecule has 1 aromatic heterocycles. The van der Waals surface area contributed by atoms with Crippen LogP contribution in [0.15, 0.2) is 28.7 Å². The lowest BCUT2D eigenvalue weighted by atomic mass is 9.69. The largest absolute Gasteiger partial charge is 0.481 e. The monoisotopic (exact) mass is 413 g/mol. The number of rotatable bonds is 8. The summed E-state index contributed by atoms with van der Waals surface area (Å²) in [7, 11) is 0. The molecule has 0 spiro atoms. The van der Waals surface area contributed by atoms with Crippen molar-refractivity contribution in [1.29, 1.82) is 0 Å². The van der Waals surface area contributed by atoms with Crippen molar-refractivity contribution in [3.63, 3.8) is 0 Å². The number of aliphatic carboxylic acids is 1. The van der Waals surface area contributed by atoms with Crippen LogP contribution in [0.25, 0.3) is 11.5 Å². The lowest BCUT2D eigenvalue weighted by Crippen LogP contribution is -2.43. The number of aryl methyl sites for hydroxylation is 2. The first-order valence-electron chi connectivity index (χ1n) is 11.0. The van der Waals surface area contributed by atoms with Gasteiger partial charge in [0.25, 0.3) is 0 Å². The smallest absolute Gasteiger partial charge is 0.311 e. The maximum Gasteiger partial charge on any atom is 0.311 e. The average Bonchev–Trinajstić information content (AvgIpc) is 3.06. The van der Waals surface area contributed by atoms with Crippen molar-refractivity contribution in [3.8, 4) is 11.5 Å². The molecule has 2 fully saturated rings. The molecule has 30 heavy (non-hydrogen) atoms. The fraction of sp³-hybridized carbons (Fsp3) is 0.583. The van der Waals surface area contributed by atoms with Gasteiger partial charge in [-0.3, -0.25) is 4.79 Å². The van der Waals surface area contributed by atoms with Gasteiger partial charge < -0.3 is 19.0 Å². The van der Waals surface area contributed by atoms with Crippen LogP contribution in [0, 0.1) is 19.3 Å². The SMILES string of the molecule is Cc1cccc(-c2nc(CO[C@H]3CCC[C@@H](OCC4(C(=O)O)CCC4)C3)c(C)o2)c1. The van der Waals surface area contributed by atoms with Gasteiger partial charge in [-0.25, -0.2) is 4.98 Å². The number of nitrogens with zero attached hydrogens (tertiary/aromatic N) is 1. The fourth-order valence-electron chi connectivity index (χ4n) is 4.37. The number of benzene rings is 1. The molecule has 162 valence electrons. The van der Waals surface area contributed by atoms with Gasteiger partial charge in [0.2, 0.25) is 5.89 Å². The van der Waals surface area contributed by atoms with Crippen LogP contribution >= 0.6 is 0 Å². The molecule has 1 heterocycles. The zero-order valence-electron chi connectivity index (χ0n) is 17.9. The van der Waals surface area contributed by atoms with E-state index in [1.165, 1.54) is 5.56 Å². The van der Waals surface area contributed by atoms with Crippen molar-refractivity contribution in [3.05, 3.63) is 41.3 Å². The second-order valence-electron chi connectivity index (χ2n) is 8.86. The summed E-state index contributed by atoms with van der Waals surface area (Å²) in [4.78, 5) is 16.2. The van der Waals surface area contributed by atoms with E-state index in [4.69, 9.17) is 13.9 Å². The van der Waals surface area contributed by atoms with Crippen molar-refractivity contribution in [2.75, 3.05) is 6.61 Å². The van der Waals surface area contributed by atoms with Gasteiger partial charge in [0, 0.05) is 5.56 Å². The lowest BCUT2D eigenvalue weighted by molar-refractivity contribution is -0.164. The number of carboxylic acids is 1. The first-order valence-corrected chi connectivity index (χ1v) is 11.0. The highest BCUT2D eigenvalue weighted by molar-refractivity contribution is 5.75. The van der Waals surface area contributed by atoms with E-state index in [-0.39, 0.29) is 12.2 Å². The maximum atomic E-state index is 11.5. The van der Waals surface area contributed by atoms with Crippen molar-refractivity contribution >= 4 is 5.97 Å². The van der Waals surface area contributed by atoms with Gasteiger partial charge in [-0.1, -0.05) is 24.1 Å². The highest BCUT2D eigenvalue weighted by Crippen LogP contribution is 2.42. The number of carbonyl (C=O) groups is 1. The molecule has 0 bridgehead atoms. The Labute approximate surface area is 177 Å². The van der Waals surface area contributed by atoms with Gasteiger partial charge in [-0.05, 0) is 64.5 Å². The lowest BCUT2D eigenvalue weighted by Gasteiger charge is -2.39. The van der Waals surface area contributed by atoms with Crippen LogP contribution in [-0.2, 0) is 20.9 Å². The zero-order valence-corrected chi connectivity index (χ0v) is 17.9. The zero-order chi connectivity index (χ0) is 21.1. The highest BCUT2D eigenvalue weighted by Gasteiger charge is 2.45. The highest BCUT2D eigenvalue weighted by atomic mass is 16.5. The van der Waals surface area contributed by atoms with E-state index in [9.17, 15) is 9.90 Å². The second kappa shape index (κ2) is 8.90. The predicted octanol–water partition coefficient (Wildman–Crippen LogP) is 5.06. The van der Waals surface area contributed by atoms with E-state index in [1.807, 2.05) is 32.0 Å². The number of hydrogen-bond acceptors (Lipinski definition) is 5. The molecule has 2 aromatic rings. The molecule has 2 aliphatic carbocycles. The Hall–Kier alpha value is -2.18. The van der Waals surface area contributed by atoms with Crippen LogP contribution in [0.1, 0.15) is 62.0 Å². The summed E-state index contributed by atoms with van der Waals surface area (Å²) in [5.41, 5.74) is 2.31. The van der Waals surface area contributed by atoms with Gasteiger partial charge in [-0.2, -0.15) is 0 Å². The minimum Gasteiger partial charge on any atom is -0.481 e. The molecule has 0 radical (unpaired) electrons. The molecule has 0 amide bonds. The van der Waals surface area contributed by atoms with Crippen molar-refractivity contribution in [1.82, 2.24) is 4.98 Å². The minimum atomic E-state index is -0.719. The third-order valence-electron chi connectivity index (χ3n) is 6.55. The molecular weight excluding hydrogens is 382 g/mol.